The molecule has 1 aromatic rings. The normalized spacial score (nSPS) is 19.6. The lowest BCUT2D eigenvalue weighted by atomic mass is 10.3. The molecular weight excluding hydrogens is 116 g/mol. The Labute approximate surface area is 53.3 Å². The Bertz CT molecular complexity index is 179. The van der Waals surface area contributed by atoms with E-state index in [0.29, 0.717) is 6.04 Å². The fraction of sp³-hybridized carbons (Fsp3) is 0.500. The van der Waals surface area contributed by atoms with Crippen molar-refractivity contribution >= 4 is 0 Å². The van der Waals surface area contributed by atoms with Crippen molar-refractivity contribution in [1.29, 1.82) is 0 Å². The first kappa shape index (κ1) is 4.99. The minimum absolute atomic E-state index is 0.549. The lowest BCUT2D eigenvalue weighted by Crippen LogP contribution is -2.29. The minimum atomic E-state index is 0.549. The highest BCUT2D eigenvalue weighted by Gasteiger charge is 2.18. The third kappa shape index (κ3) is 0.733. The van der Waals surface area contributed by atoms with Gasteiger partial charge in [0.25, 0.3) is 0 Å². The molecule has 48 valence electrons. The van der Waals surface area contributed by atoms with Crippen LogP contribution in [0.4, 0.5) is 0 Å². The van der Waals surface area contributed by atoms with Crippen molar-refractivity contribution in [2.75, 3.05) is 13.2 Å². The molecule has 1 fully saturated rings. The lowest BCUT2D eigenvalue weighted by molar-refractivity contribution is -0.0233. The van der Waals surface area contributed by atoms with E-state index in [2.05, 4.69) is 9.55 Å². The largest absolute Gasteiger partial charge is 0.377 e. The second-order valence-corrected chi connectivity index (χ2v) is 2.20. The first-order valence-electron chi connectivity index (χ1n) is 3.02. The van der Waals surface area contributed by atoms with Gasteiger partial charge in [-0.3, -0.25) is 0 Å². The average molecular weight is 124 g/mol. The molecule has 1 aliphatic rings. The van der Waals surface area contributed by atoms with E-state index in [1.807, 2.05) is 12.5 Å². The van der Waals surface area contributed by atoms with Crippen LogP contribution < -0.4 is 0 Å². The van der Waals surface area contributed by atoms with E-state index in [1.54, 1.807) is 6.20 Å². The Morgan fingerprint density at radius 3 is 2.89 bits per heavy atom. The average Bonchev–Trinajstić information content (AvgIpc) is 2.11. The summed E-state index contributed by atoms with van der Waals surface area (Å²) >= 11 is 0. The fourth-order valence-electron chi connectivity index (χ4n) is 0.881. The summed E-state index contributed by atoms with van der Waals surface area (Å²) in [6, 6.07) is 0.549. The molecular formula is C6H8N2O. The van der Waals surface area contributed by atoms with E-state index in [9.17, 15) is 0 Å². The lowest BCUT2D eigenvalue weighted by Gasteiger charge is -2.26. The van der Waals surface area contributed by atoms with Crippen molar-refractivity contribution in [3.63, 3.8) is 0 Å². The number of ether oxygens (including phenoxy) is 1. The monoisotopic (exact) mass is 124 g/mol. The second kappa shape index (κ2) is 1.84. The molecule has 0 atom stereocenters. The van der Waals surface area contributed by atoms with Gasteiger partial charge in [0.15, 0.2) is 0 Å². The summed E-state index contributed by atoms with van der Waals surface area (Å²) in [4.78, 5) is 3.93. The van der Waals surface area contributed by atoms with E-state index in [1.165, 1.54) is 0 Å². The maximum Gasteiger partial charge on any atom is 0.0950 e. The zero-order valence-electron chi connectivity index (χ0n) is 5.03. The van der Waals surface area contributed by atoms with Crippen molar-refractivity contribution in [3.8, 4) is 0 Å². The van der Waals surface area contributed by atoms with Gasteiger partial charge in [-0.1, -0.05) is 0 Å². The Morgan fingerprint density at radius 1 is 1.56 bits per heavy atom. The molecule has 0 amide bonds. The summed E-state index contributed by atoms with van der Waals surface area (Å²) in [5.41, 5.74) is 0. The van der Waals surface area contributed by atoms with Gasteiger partial charge in [0.1, 0.15) is 0 Å². The number of hydrogen-bond donors (Lipinski definition) is 0. The van der Waals surface area contributed by atoms with Crippen molar-refractivity contribution in [1.82, 2.24) is 9.55 Å². The molecule has 2 rings (SSSR count). The summed E-state index contributed by atoms with van der Waals surface area (Å²) < 4.78 is 7.08. The van der Waals surface area contributed by atoms with Crippen LogP contribution >= 0.6 is 0 Å². The van der Waals surface area contributed by atoms with Gasteiger partial charge in [-0.05, 0) is 0 Å². The van der Waals surface area contributed by atoms with Gasteiger partial charge in [0.2, 0.25) is 0 Å². The van der Waals surface area contributed by atoms with Gasteiger partial charge in [-0.25, -0.2) is 4.98 Å². The fourth-order valence-corrected chi connectivity index (χ4v) is 0.881. The highest BCUT2D eigenvalue weighted by molar-refractivity contribution is 4.83. The summed E-state index contributed by atoms with van der Waals surface area (Å²) in [6.45, 7) is 1.69. The van der Waals surface area contributed by atoms with Crippen LogP contribution in [-0.2, 0) is 4.74 Å². The highest BCUT2D eigenvalue weighted by atomic mass is 16.5. The number of rotatable bonds is 1. The zero-order chi connectivity index (χ0) is 6.10. The Morgan fingerprint density at radius 2 is 2.44 bits per heavy atom. The first-order chi connectivity index (χ1) is 4.47. The predicted octanol–water partition coefficient (Wildman–Crippen LogP) is 0.454. The summed E-state index contributed by atoms with van der Waals surface area (Å²) in [6.07, 6.45) is 5.58. The van der Waals surface area contributed by atoms with E-state index < -0.39 is 0 Å². The van der Waals surface area contributed by atoms with Crippen LogP contribution in [0.2, 0.25) is 0 Å². The molecule has 0 unspecified atom stereocenters. The Hall–Kier alpha value is -0.830. The van der Waals surface area contributed by atoms with Crippen molar-refractivity contribution in [2.45, 2.75) is 6.04 Å². The Balaban J connectivity index is 2.14. The van der Waals surface area contributed by atoms with Crippen molar-refractivity contribution in [2.24, 2.45) is 0 Å². The molecule has 2 heterocycles. The molecule has 3 heteroatoms. The SMILES string of the molecule is c1cn(C2COC2)cn1. The molecule has 0 aromatic carbocycles. The van der Waals surface area contributed by atoms with Gasteiger partial charge < -0.3 is 9.30 Å². The van der Waals surface area contributed by atoms with Gasteiger partial charge in [0, 0.05) is 12.4 Å². The van der Waals surface area contributed by atoms with Gasteiger partial charge in [-0.2, -0.15) is 0 Å². The van der Waals surface area contributed by atoms with E-state index in [0.717, 1.165) is 13.2 Å². The van der Waals surface area contributed by atoms with Crippen LogP contribution in [0, 0.1) is 0 Å². The molecule has 1 saturated heterocycles. The maximum atomic E-state index is 5.01. The van der Waals surface area contributed by atoms with Crippen LogP contribution in [-0.4, -0.2) is 22.8 Å². The first-order valence-corrected chi connectivity index (χ1v) is 3.02. The molecule has 1 aromatic heterocycles. The number of imidazole rings is 1. The predicted molar refractivity (Wildman–Crippen MR) is 32.1 cm³/mol. The third-order valence-corrected chi connectivity index (χ3v) is 1.57. The quantitative estimate of drug-likeness (QED) is 0.543. The van der Waals surface area contributed by atoms with E-state index >= 15 is 0 Å². The second-order valence-electron chi connectivity index (χ2n) is 2.20. The third-order valence-electron chi connectivity index (χ3n) is 1.57. The topological polar surface area (TPSA) is 27.1 Å². The van der Waals surface area contributed by atoms with E-state index in [-0.39, 0.29) is 0 Å². The van der Waals surface area contributed by atoms with Crippen LogP contribution in [0.15, 0.2) is 18.7 Å². The molecule has 1 aliphatic heterocycles. The van der Waals surface area contributed by atoms with Crippen LogP contribution in [0.25, 0.3) is 0 Å². The number of nitrogens with zero attached hydrogens (tertiary/aromatic N) is 2. The highest BCUT2D eigenvalue weighted by Crippen LogP contribution is 2.15. The summed E-state index contributed by atoms with van der Waals surface area (Å²) in [5, 5.41) is 0. The van der Waals surface area contributed by atoms with Crippen LogP contribution in [0.5, 0.6) is 0 Å². The smallest absolute Gasteiger partial charge is 0.0950 e. The van der Waals surface area contributed by atoms with E-state index in [4.69, 9.17) is 4.74 Å². The summed E-state index contributed by atoms with van der Waals surface area (Å²) in [5.74, 6) is 0. The molecule has 0 aliphatic carbocycles. The molecule has 3 nitrogen and oxygen atoms in total. The summed E-state index contributed by atoms with van der Waals surface area (Å²) in [7, 11) is 0. The molecule has 0 N–H and O–H groups in total. The number of aromatic nitrogens is 2. The molecule has 0 radical (unpaired) electrons. The minimum Gasteiger partial charge on any atom is -0.377 e. The van der Waals surface area contributed by atoms with Gasteiger partial charge >= 0.3 is 0 Å². The maximum absolute atomic E-state index is 5.01. The standard InChI is InChI=1S/C6H8N2O/c1-2-8(5-7-1)6-3-9-4-6/h1-2,5-6H,3-4H2. The molecule has 9 heavy (non-hydrogen) atoms. The van der Waals surface area contributed by atoms with Gasteiger partial charge in [0.05, 0.1) is 25.6 Å². The van der Waals surface area contributed by atoms with Crippen molar-refractivity contribution in [3.05, 3.63) is 18.7 Å². The van der Waals surface area contributed by atoms with Crippen LogP contribution in [0.3, 0.4) is 0 Å². The Kier molecular flexibility index (Phi) is 1.02. The molecule has 0 bridgehead atoms. The molecule has 0 spiro atoms. The van der Waals surface area contributed by atoms with Crippen molar-refractivity contribution < 1.29 is 4.74 Å². The zero-order valence-corrected chi connectivity index (χ0v) is 5.03. The molecule has 0 saturated carbocycles. The van der Waals surface area contributed by atoms with Gasteiger partial charge in [-0.15, -0.1) is 0 Å². The number of hydrogen-bond acceptors (Lipinski definition) is 2. The van der Waals surface area contributed by atoms with Crippen LogP contribution in [0.1, 0.15) is 6.04 Å².